The van der Waals surface area contributed by atoms with E-state index in [4.69, 9.17) is 18.9 Å². The summed E-state index contributed by atoms with van der Waals surface area (Å²) in [6.45, 7) is 1.98. The predicted molar refractivity (Wildman–Crippen MR) is 114 cm³/mol. The van der Waals surface area contributed by atoms with Gasteiger partial charge < -0.3 is 23.8 Å². The van der Waals surface area contributed by atoms with E-state index in [0.29, 0.717) is 29.4 Å². The highest BCUT2D eigenvalue weighted by atomic mass is 16.5. The van der Waals surface area contributed by atoms with E-state index in [1.807, 2.05) is 30.3 Å². The van der Waals surface area contributed by atoms with Crippen LogP contribution < -0.4 is 14.2 Å². The highest BCUT2D eigenvalue weighted by molar-refractivity contribution is 5.90. The Bertz CT molecular complexity index is 894. The lowest BCUT2D eigenvalue weighted by atomic mass is 10.1. The number of benzene rings is 2. The summed E-state index contributed by atoms with van der Waals surface area (Å²) in [5.74, 6) is 0.584. The molecular formula is C23H27NO6. The van der Waals surface area contributed by atoms with E-state index in [1.165, 1.54) is 38.4 Å². The van der Waals surface area contributed by atoms with Gasteiger partial charge in [-0.25, -0.2) is 4.79 Å². The SMILES string of the molecule is COc1cc(OC)c(OC)cc1/C=C/C(=O)OC(C)C(=O)N(C)Cc1ccccc1. The number of esters is 1. The number of carbonyl (C=O) groups is 2. The fourth-order valence-electron chi connectivity index (χ4n) is 2.85. The van der Waals surface area contributed by atoms with Gasteiger partial charge in [0, 0.05) is 31.3 Å². The molecule has 0 aliphatic heterocycles. The average molecular weight is 413 g/mol. The van der Waals surface area contributed by atoms with Gasteiger partial charge in [0.05, 0.1) is 21.3 Å². The maximum absolute atomic E-state index is 12.5. The van der Waals surface area contributed by atoms with Gasteiger partial charge in [-0.15, -0.1) is 0 Å². The second-order valence-corrected chi connectivity index (χ2v) is 6.54. The minimum atomic E-state index is -0.914. The first-order valence-electron chi connectivity index (χ1n) is 9.37. The lowest BCUT2D eigenvalue weighted by Crippen LogP contribution is -2.36. The molecule has 0 saturated carbocycles. The molecule has 1 atom stereocenters. The van der Waals surface area contributed by atoms with Crippen molar-refractivity contribution < 1.29 is 28.5 Å². The first-order chi connectivity index (χ1) is 14.4. The molecule has 30 heavy (non-hydrogen) atoms. The van der Waals surface area contributed by atoms with Gasteiger partial charge in [0.15, 0.2) is 17.6 Å². The molecule has 0 saturated heterocycles. The zero-order chi connectivity index (χ0) is 22.1. The number of hydrogen-bond donors (Lipinski definition) is 0. The standard InChI is InChI=1S/C23H27NO6/c1-16(23(26)24(2)15-17-9-7-6-8-10-17)30-22(25)12-11-18-13-20(28-4)21(29-5)14-19(18)27-3/h6-14,16H,15H2,1-5H3/b12-11+. The van der Waals surface area contributed by atoms with Crippen LogP contribution in [0.25, 0.3) is 6.08 Å². The summed E-state index contributed by atoms with van der Waals surface area (Å²) in [4.78, 5) is 26.2. The van der Waals surface area contributed by atoms with Crippen molar-refractivity contribution in [2.24, 2.45) is 0 Å². The zero-order valence-electron chi connectivity index (χ0n) is 17.9. The largest absolute Gasteiger partial charge is 0.496 e. The molecule has 7 nitrogen and oxygen atoms in total. The third kappa shape index (κ3) is 6.01. The minimum absolute atomic E-state index is 0.288. The summed E-state index contributed by atoms with van der Waals surface area (Å²) < 4.78 is 21.1. The highest BCUT2D eigenvalue weighted by Gasteiger charge is 2.21. The van der Waals surface area contributed by atoms with Gasteiger partial charge in [-0.3, -0.25) is 4.79 Å². The van der Waals surface area contributed by atoms with Crippen LogP contribution in [-0.4, -0.2) is 51.3 Å². The van der Waals surface area contributed by atoms with Crippen LogP contribution >= 0.6 is 0 Å². The normalized spacial score (nSPS) is 11.6. The Morgan fingerprint density at radius 1 is 0.967 bits per heavy atom. The molecule has 0 aliphatic rings. The Morgan fingerprint density at radius 3 is 2.17 bits per heavy atom. The molecule has 0 heterocycles. The summed E-state index contributed by atoms with van der Waals surface area (Å²) >= 11 is 0. The van der Waals surface area contributed by atoms with Crippen LogP contribution in [0.2, 0.25) is 0 Å². The van der Waals surface area contributed by atoms with Crippen molar-refractivity contribution in [3.05, 3.63) is 59.7 Å². The van der Waals surface area contributed by atoms with E-state index in [1.54, 1.807) is 26.1 Å². The molecule has 160 valence electrons. The van der Waals surface area contributed by atoms with Crippen molar-refractivity contribution in [2.75, 3.05) is 28.4 Å². The van der Waals surface area contributed by atoms with Crippen molar-refractivity contribution in [1.82, 2.24) is 4.90 Å². The molecule has 2 rings (SSSR count). The van der Waals surface area contributed by atoms with Crippen LogP contribution in [0.3, 0.4) is 0 Å². The maximum Gasteiger partial charge on any atom is 0.331 e. The number of ether oxygens (including phenoxy) is 4. The number of methoxy groups -OCH3 is 3. The van der Waals surface area contributed by atoms with Crippen LogP contribution in [0.15, 0.2) is 48.5 Å². The number of nitrogens with zero attached hydrogens (tertiary/aromatic N) is 1. The summed E-state index contributed by atoms with van der Waals surface area (Å²) in [5.41, 5.74) is 1.60. The monoisotopic (exact) mass is 413 g/mol. The first-order valence-corrected chi connectivity index (χ1v) is 9.37. The molecule has 1 amide bonds. The van der Waals surface area contributed by atoms with E-state index in [0.717, 1.165) is 5.56 Å². The Balaban J connectivity index is 2.02. The number of amides is 1. The smallest absolute Gasteiger partial charge is 0.331 e. The van der Waals surface area contributed by atoms with Crippen molar-refractivity contribution in [2.45, 2.75) is 19.6 Å². The number of likely N-dealkylation sites (N-methyl/N-ethyl adjacent to an activating group) is 1. The summed E-state index contributed by atoms with van der Waals surface area (Å²) in [5, 5.41) is 0. The molecule has 7 heteroatoms. The van der Waals surface area contributed by atoms with Gasteiger partial charge in [-0.2, -0.15) is 0 Å². The summed E-state index contributed by atoms with van der Waals surface area (Å²) in [7, 11) is 6.23. The molecule has 0 aliphatic carbocycles. The lowest BCUT2D eigenvalue weighted by Gasteiger charge is -2.21. The first kappa shape index (κ1) is 22.8. The number of carbonyl (C=O) groups excluding carboxylic acids is 2. The third-order valence-corrected chi connectivity index (χ3v) is 4.41. The summed E-state index contributed by atoms with van der Waals surface area (Å²) in [6, 6.07) is 12.9. The molecule has 0 radical (unpaired) electrons. The van der Waals surface area contributed by atoms with Crippen LogP contribution in [0.5, 0.6) is 17.2 Å². The minimum Gasteiger partial charge on any atom is -0.496 e. The van der Waals surface area contributed by atoms with Crippen LogP contribution in [0.1, 0.15) is 18.1 Å². The number of rotatable bonds is 9. The van der Waals surface area contributed by atoms with E-state index in [-0.39, 0.29) is 5.91 Å². The van der Waals surface area contributed by atoms with Crippen molar-refractivity contribution in [3.8, 4) is 17.2 Å². The van der Waals surface area contributed by atoms with Crippen LogP contribution in [0.4, 0.5) is 0 Å². The average Bonchev–Trinajstić information content (AvgIpc) is 2.76. The van der Waals surface area contributed by atoms with E-state index >= 15 is 0 Å². The maximum atomic E-state index is 12.5. The molecule has 0 fully saturated rings. The van der Waals surface area contributed by atoms with Gasteiger partial charge in [-0.05, 0) is 24.6 Å². The predicted octanol–water partition coefficient (Wildman–Crippen LogP) is 3.32. The van der Waals surface area contributed by atoms with E-state index < -0.39 is 12.1 Å². The second-order valence-electron chi connectivity index (χ2n) is 6.54. The molecule has 0 N–H and O–H groups in total. The fourth-order valence-corrected chi connectivity index (χ4v) is 2.85. The molecule has 1 unspecified atom stereocenters. The van der Waals surface area contributed by atoms with Crippen molar-refractivity contribution in [3.63, 3.8) is 0 Å². The molecule has 0 bridgehead atoms. The molecule has 0 aromatic heterocycles. The van der Waals surface area contributed by atoms with Crippen LogP contribution in [-0.2, 0) is 20.9 Å². The molecular weight excluding hydrogens is 386 g/mol. The second kappa shape index (κ2) is 10.9. The third-order valence-electron chi connectivity index (χ3n) is 4.41. The van der Waals surface area contributed by atoms with Gasteiger partial charge in [0.2, 0.25) is 0 Å². The highest BCUT2D eigenvalue weighted by Crippen LogP contribution is 2.35. The van der Waals surface area contributed by atoms with Crippen LogP contribution in [0, 0.1) is 0 Å². The molecule has 0 spiro atoms. The van der Waals surface area contributed by atoms with Gasteiger partial charge in [-0.1, -0.05) is 30.3 Å². The van der Waals surface area contributed by atoms with E-state index in [9.17, 15) is 9.59 Å². The van der Waals surface area contributed by atoms with Gasteiger partial charge in [0.25, 0.3) is 5.91 Å². The molecule has 2 aromatic carbocycles. The molecule has 2 aromatic rings. The fraction of sp³-hybridized carbons (Fsp3) is 0.304. The Morgan fingerprint density at radius 2 is 1.57 bits per heavy atom. The van der Waals surface area contributed by atoms with Crippen molar-refractivity contribution in [1.29, 1.82) is 0 Å². The zero-order valence-corrected chi connectivity index (χ0v) is 17.9. The van der Waals surface area contributed by atoms with Gasteiger partial charge >= 0.3 is 5.97 Å². The quantitative estimate of drug-likeness (QED) is 0.464. The van der Waals surface area contributed by atoms with Crippen molar-refractivity contribution >= 4 is 18.0 Å². The topological polar surface area (TPSA) is 74.3 Å². The van der Waals surface area contributed by atoms with E-state index in [2.05, 4.69) is 0 Å². The van der Waals surface area contributed by atoms with Gasteiger partial charge in [0.1, 0.15) is 5.75 Å². The Hall–Kier alpha value is -3.48. The summed E-state index contributed by atoms with van der Waals surface area (Å²) in [6.07, 6.45) is 1.86. The number of hydrogen-bond acceptors (Lipinski definition) is 6. The Kier molecular flexibility index (Phi) is 8.29. The lowest BCUT2D eigenvalue weighted by molar-refractivity contribution is -0.154. The Labute approximate surface area is 176 Å².